The smallest absolute Gasteiger partial charge is 0.253 e. The van der Waals surface area contributed by atoms with E-state index in [2.05, 4.69) is 16.0 Å². The van der Waals surface area contributed by atoms with Crippen molar-refractivity contribution in [2.75, 3.05) is 24.3 Å². The average Bonchev–Trinajstić information content (AvgIpc) is 3.44. The summed E-state index contributed by atoms with van der Waals surface area (Å²) in [7, 11) is 1.59. The lowest BCUT2D eigenvalue weighted by Gasteiger charge is -2.14. The number of para-hydroxylation sites is 1. The molecule has 0 heterocycles. The van der Waals surface area contributed by atoms with E-state index in [1.807, 2.05) is 25.1 Å². The molecule has 1 aliphatic carbocycles. The van der Waals surface area contributed by atoms with Gasteiger partial charge in [-0.15, -0.1) is 0 Å². The molecule has 136 valence electrons. The number of nitrogens with one attached hydrogen (secondary N) is 3. The summed E-state index contributed by atoms with van der Waals surface area (Å²) in [5.41, 5.74) is 2.80. The predicted molar refractivity (Wildman–Crippen MR) is 102 cm³/mol. The van der Waals surface area contributed by atoms with Gasteiger partial charge in [0, 0.05) is 6.04 Å². The fraction of sp³-hybridized carbons (Fsp3) is 0.300. The number of carbonyl (C=O) groups excluding carboxylic acids is 2. The highest BCUT2D eigenvalue weighted by molar-refractivity contribution is 6.04. The minimum Gasteiger partial charge on any atom is -0.495 e. The summed E-state index contributed by atoms with van der Waals surface area (Å²) in [6, 6.07) is 13.0. The van der Waals surface area contributed by atoms with Gasteiger partial charge in [0.25, 0.3) is 5.91 Å². The summed E-state index contributed by atoms with van der Waals surface area (Å²) >= 11 is 0. The quantitative estimate of drug-likeness (QED) is 0.715. The summed E-state index contributed by atoms with van der Waals surface area (Å²) in [6.07, 6.45) is 2.03. The van der Waals surface area contributed by atoms with Crippen LogP contribution in [0.25, 0.3) is 0 Å². The monoisotopic (exact) mass is 353 g/mol. The van der Waals surface area contributed by atoms with Crippen molar-refractivity contribution in [2.24, 2.45) is 0 Å². The van der Waals surface area contributed by atoms with E-state index in [4.69, 9.17) is 4.74 Å². The van der Waals surface area contributed by atoms with Crippen LogP contribution in [0.4, 0.5) is 11.4 Å². The van der Waals surface area contributed by atoms with Crippen LogP contribution in [0.15, 0.2) is 42.5 Å². The van der Waals surface area contributed by atoms with Crippen LogP contribution in [0, 0.1) is 6.92 Å². The molecule has 0 atom stereocenters. The molecule has 0 radical (unpaired) electrons. The summed E-state index contributed by atoms with van der Waals surface area (Å²) in [5, 5.41) is 8.82. The fourth-order valence-electron chi connectivity index (χ4n) is 2.61. The van der Waals surface area contributed by atoms with Gasteiger partial charge < -0.3 is 20.7 Å². The SMILES string of the molecule is COc1ccc(C)cc1NCC(=O)Nc1ccccc1C(=O)NC1CC1. The summed E-state index contributed by atoms with van der Waals surface area (Å²) < 4.78 is 5.30. The van der Waals surface area contributed by atoms with Gasteiger partial charge in [-0.1, -0.05) is 18.2 Å². The molecular weight excluding hydrogens is 330 g/mol. The van der Waals surface area contributed by atoms with E-state index < -0.39 is 0 Å². The molecular formula is C20H23N3O3. The standard InChI is InChI=1S/C20H23N3O3/c1-13-7-10-18(26-2)17(11-13)21-12-19(24)23-16-6-4-3-5-15(16)20(25)22-14-8-9-14/h3-7,10-11,14,21H,8-9,12H2,1-2H3,(H,22,25)(H,23,24). The largest absolute Gasteiger partial charge is 0.495 e. The minimum atomic E-state index is -0.236. The Labute approximate surface area is 152 Å². The third-order valence-corrected chi connectivity index (χ3v) is 4.15. The molecule has 0 aromatic heterocycles. The Morgan fingerprint density at radius 2 is 1.88 bits per heavy atom. The summed E-state index contributed by atoms with van der Waals surface area (Å²) in [4.78, 5) is 24.6. The third kappa shape index (κ3) is 4.53. The maximum atomic E-state index is 12.3. The number of hydrogen-bond donors (Lipinski definition) is 3. The van der Waals surface area contributed by atoms with Crippen molar-refractivity contribution in [1.29, 1.82) is 0 Å². The van der Waals surface area contributed by atoms with Gasteiger partial charge in [0.1, 0.15) is 5.75 Å². The van der Waals surface area contributed by atoms with E-state index in [1.165, 1.54) is 0 Å². The number of rotatable bonds is 7. The van der Waals surface area contributed by atoms with Crippen LogP contribution < -0.4 is 20.7 Å². The number of methoxy groups -OCH3 is 1. The number of benzene rings is 2. The van der Waals surface area contributed by atoms with Crippen molar-refractivity contribution < 1.29 is 14.3 Å². The minimum absolute atomic E-state index is 0.0678. The van der Waals surface area contributed by atoms with Gasteiger partial charge in [0.05, 0.1) is 30.6 Å². The molecule has 0 bridgehead atoms. The molecule has 6 nitrogen and oxygen atoms in total. The normalized spacial score (nSPS) is 13.0. The second kappa shape index (κ2) is 7.91. The number of ether oxygens (including phenoxy) is 1. The first-order chi connectivity index (χ1) is 12.6. The van der Waals surface area contributed by atoms with E-state index in [1.54, 1.807) is 31.4 Å². The third-order valence-electron chi connectivity index (χ3n) is 4.15. The molecule has 1 fully saturated rings. The molecule has 6 heteroatoms. The first-order valence-corrected chi connectivity index (χ1v) is 8.65. The van der Waals surface area contributed by atoms with E-state index >= 15 is 0 Å². The molecule has 0 unspecified atom stereocenters. The molecule has 0 spiro atoms. The van der Waals surface area contributed by atoms with Crippen molar-refractivity contribution in [1.82, 2.24) is 5.32 Å². The van der Waals surface area contributed by atoms with Crippen LogP contribution in [0.2, 0.25) is 0 Å². The molecule has 0 aliphatic heterocycles. The maximum absolute atomic E-state index is 12.3. The van der Waals surface area contributed by atoms with Crippen molar-refractivity contribution in [3.8, 4) is 5.75 Å². The molecule has 0 saturated heterocycles. The van der Waals surface area contributed by atoms with E-state index in [9.17, 15) is 9.59 Å². The van der Waals surface area contributed by atoms with Crippen molar-refractivity contribution in [2.45, 2.75) is 25.8 Å². The molecule has 1 saturated carbocycles. The highest BCUT2D eigenvalue weighted by atomic mass is 16.5. The van der Waals surface area contributed by atoms with Gasteiger partial charge in [-0.3, -0.25) is 9.59 Å². The van der Waals surface area contributed by atoms with Gasteiger partial charge in [0.2, 0.25) is 5.91 Å². The number of amides is 2. The Balaban J connectivity index is 1.63. The summed E-state index contributed by atoms with van der Waals surface area (Å²) in [5.74, 6) is 0.282. The van der Waals surface area contributed by atoms with Gasteiger partial charge >= 0.3 is 0 Å². The highest BCUT2D eigenvalue weighted by Gasteiger charge is 2.25. The Bertz CT molecular complexity index is 816. The fourth-order valence-corrected chi connectivity index (χ4v) is 2.61. The van der Waals surface area contributed by atoms with Crippen molar-refractivity contribution in [3.63, 3.8) is 0 Å². The van der Waals surface area contributed by atoms with E-state index in [-0.39, 0.29) is 24.4 Å². The Morgan fingerprint density at radius 1 is 1.12 bits per heavy atom. The number of anilines is 2. The average molecular weight is 353 g/mol. The van der Waals surface area contributed by atoms with Crippen LogP contribution in [-0.4, -0.2) is 31.5 Å². The summed E-state index contributed by atoms with van der Waals surface area (Å²) in [6.45, 7) is 2.04. The number of carbonyl (C=O) groups is 2. The Morgan fingerprint density at radius 3 is 2.62 bits per heavy atom. The zero-order valence-electron chi connectivity index (χ0n) is 15.0. The molecule has 2 amide bonds. The molecule has 3 rings (SSSR count). The molecule has 3 N–H and O–H groups in total. The van der Waals surface area contributed by atoms with Crippen molar-refractivity contribution in [3.05, 3.63) is 53.6 Å². The predicted octanol–water partition coefficient (Wildman–Crippen LogP) is 2.95. The number of hydrogen-bond acceptors (Lipinski definition) is 4. The lowest BCUT2D eigenvalue weighted by Crippen LogP contribution is -2.28. The zero-order chi connectivity index (χ0) is 18.5. The van der Waals surface area contributed by atoms with Crippen LogP contribution in [0.5, 0.6) is 5.75 Å². The number of aryl methyl sites for hydroxylation is 1. The van der Waals surface area contributed by atoms with Crippen LogP contribution in [0.1, 0.15) is 28.8 Å². The van der Waals surface area contributed by atoms with Gasteiger partial charge in [-0.05, 0) is 49.6 Å². The molecule has 1 aliphatic rings. The second-order valence-corrected chi connectivity index (χ2v) is 6.40. The lowest BCUT2D eigenvalue weighted by molar-refractivity contribution is -0.114. The van der Waals surface area contributed by atoms with Crippen molar-refractivity contribution >= 4 is 23.2 Å². The molecule has 2 aromatic rings. The van der Waals surface area contributed by atoms with E-state index in [0.29, 0.717) is 17.0 Å². The molecule has 2 aromatic carbocycles. The van der Waals surface area contributed by atoms with Gasteiger partial charge in [-0.2, -0.15) is 0 Å². The first kappa shape index (κ1) is 17.8. The van der Waals surface area contributed by atoms with Gasteiger partial charge in [0.15, 0.2) is 0 Å². The van der Waals surface area contributed by atoms with E-state index in [0.717, 1.165) is 24.1 Å². The van der Waals surface area contributed by atoms with Crippen LogP contribution in [-0.2, 0) is 4.79 Å². The second-order valence-electron chi connectivity index (χ2n) is 6.40. The Hall–Kier alpha value is -3.02. The maximum Gasteiger partial charge on any atom is 0.253 e. The van der Waals surface area contributed by atoms with Crippen LogP contribution in [0.3, 0.4) is 0 Å². The molecule has 26 heavy (non-hydrogen) atoms. The first-order valence-electron chi connectivity index (χ1n) is 8.65. The van der Waals surface area contributed by atoms with Gasteiger partial charge in [-0.25, -0.2) is 0 Å². The topological polar surface area (TPSA) is 79.5 Å². The zero-order valence-corrected chi connectivity index (χ0v) is 15.0. The Kier molecular flexibility index (Phi) is 5.41. The van der Waals surface area contributed by atoms with Crippen LogP contribution >= 0.6 is 0 Å². The highest BCUT2D eigenvalue weighted by Crippen LogP contribution is 2.25. The lowest BCUT2D eigenvalue weighted by atomic mass is 10.1.